The summed E-state index contributed by atoms with van der Waals surface area (Å²) in [5.74, 6) is 3.12. The minimum atomic E-state index is 0.773. The number of benzene rings is 1. The van der Waals surface area contributed by atoms with Crippen LogP contribution in [0.3, 0.4) is 0 Å². The van der Waals surface area contributed by atoms with Gasteiger partial charge in [0.2, 0.25) is 0 Å². The summed E-state index contributed by atoms with van der Waals surface area (Å²) in [6.07, 6.45) is 1.88. The number of fused-ring (bicyclic) bond motifs is 1. The summed E-state index contributed by atoms with van der Waals surface area (Å²) >= 11 is 2.26. The van der Waals surface area contributed by atoms with E-state index in [2.05, 4.69) is 26.0 Å². The van der Waals surface area contributed by atoms with Crippen LogP contribution in [0.15, 0.2) is 41.5 Å². The quantitative estimate of drug-likeness (QED) is 0.455. The number of rotatable bonds is 3. The second-order valence-electron chi connectivity index (χ2n) is 4.13. The Hall–Kier alpha value is -1.37. The lowest BCUT2D eigenvalue weighted by molar-refractivity contribution is 0.290. The second-order valence-corrected chi connectivity index (χ2v) is 5.09. The first kappa shape index (κ1) is 14.0. The van der Waals surface area contributed by atoms with Gasteiger partial charge in [-0.2, -0.15) is 0 Å². The average molecular weight is 373 g/mol. The largest absolute Gasteiger partial charge is 0.501 e. The van der Waals surface area contributed by atoms with Gasteiger partial charge in [-0.05, 0) is 26.0 Å². The number of allylic oxidation sites excluding steroid dienone is 3. The lowest BCUT2D eigenvalue weighted by atomic mass is 10.2. The summed E-state index contributed by atoms with van der Waals surface area (Å²) in [6, 6.07) is 5.78. The van der Waals surface area contributed by atoms with Gasteiger partial charge in [0.05, 0.1) is 54.2 Å². The van der Waals surface area contributed by atoms with Crippen LogP contribution >= 0.6 is 22.9 Å². The Bertz CT molecular complexity index is 552. The van der Waals surface area contributed by atoms with Crippen molar-refractivity contribution in [1.82, 2.24) is 0 Å². The van der Waals surface area contributed by atoms with E-state index in [0.29, 0.717) is 0 Å². The Morgan fingerprint density at radius 1 is 1.37 bits per heavy atom. The van der Waals surface area contributed by atoms with Crippen molar-refractivity contribution in [1.29, 1.82) is 0 Å². The first-order valence-corrected chi connectivity index (χ1v) is 6.78. The van der Waals surface area contributed by atoms with Gasteiger partial charge in [0.15, 0.2) is 11.5 Å². The Balaban J connectivity index is 2.42. The van der Waals surface area contributed by atoms with Crippen LogP contribution in [0.5, 0.6) is 11.5 Å². The van der Waals surface area contributed by atoms with Crippen molar-refractivity contribution in [2.24, 2.45) is 0 Å². The fourth-order valence-electron chi connectivity index (χ4n) is 1.71. The SMILES string of the molecule is CO/C(C)=C/C1=C(C)N(I)c2ccc(OC)cc2O1. The molecule has 2 rings (SSSR count). The van der Waals surface area contributed by atoms with E-state index in [4.69, 9.17) is 14.2 Å². The maximum atomic E-state index is 5.93. The molecule has 0 amide bonds. The predicted octanol–water partition coefficient (Wildman–Crippen LogP) is 4.03. The maximum Gasteiger partial charge on any atom is 0.155 e. The predicted molar refractivity (Wildman–Crippen MR) is 83.6 cm³/mol. The Kier molecular flexibility index (Phi) is 4.24. The molecule has 4 nitrogen and oxygen atoms in total. The molecule has 19 heavy (non-hydrogen) atoms. The number of hydrogen-bond acceptors (Lipinski definition) is 4. The molecule has 0 N–H and O–H groups in total. The normalized spacial score (nSPS) is 15.0. The van der Waals surface area contributed by atoms with E-state index in [9.17, 15) is 0 Å². The highest BCUT2D eigenvalue weighted by atomic mass is 127. The molecule has 102 valence electrons. The van der Waals surface area contributed by atoms with Crippen LogP contribution in [0.1, 0.15) is 13.8 Å². The molecule has 0 radical (unpaired) electrons. The van der Waals surface area contributed by atoms with Gasteiger partial charge in [-0.15, -0.1) is 0 Å². The highest BCUT2D eigenvalue weighted by Crippen LogP contribution is 2.42. The molecule has 5 heteroatoms. The zero-order chi connectivity index (χ0) is 14.0. The molecule has 0 saturated carbocycles. The van der Waals surface area contributed by atoms with E-state index < -0.39 is 0 Å². The lowest BCUT2D eigenvalue weighted by Crippen LogP contribution is -2.17. The van der Waals surface area contributed by atoms with Crippen LogP contribution in [-0.4, -0.2) is 14.2 Å². The van der Waals surface area contributed by atoms with E-state index in [1.165, 1.54) is 0 Å². The number of methoxy groups -OCH3 is 2. The molecule has 1 aliphatic heterocycles. The summed E-state index contributed by atoms with van der Waals surface area (Å²) in [4.78, 5) is 0. The minimum Gasteiger partial charge on any atom is -0.501 e. The van der Waals surface area contributed by atoms with Crippen LogP contribution in [-0.2, 0) is 4.74 Å². The fourth-order valence-corrected chi connectivity index (χ4v) is 2.35. The highest BCUT2D eigenvalue weighted by molar-refractivity contribution is 14.1. The molecule has 1 aliphatic rings. The maximum absolute atomic E-state index is 5.93. The molecular weight excluding hydrogens is 357 g/mol. The first-order valence-electron chi connectivity index (χ1n) is 5.81. The number of anilines is 1. The smallest absolute Gasteiger partial charge is 0.155 e. The van der Waals surface area contributed by atoms with Crippen LogP contribution < -0.4 is 12.6 Å². The molecule has 0 aromatic heterocycles. The molecule has 0 saturated heterocycles. The third kappa shape index (κ3) is 2.80. The van der Waals surface area contributed by atoms with Crippen molar-refractivity contribution in [3.05, 3.63) is 41.5 Å². The number of nitrogens with zero attached hydrogens (tertiary/aromatic N) is 1. The molecule has 1 heterocycles. The van der Waals surface area contributed by atoms with Crippen LogP contribution in [0, 0.1) is 0 Å². The van der Waals surface area contributed by atoms with E-state index >= 15 is 0 Å². The first-order chi connectivity index (χ1) is 9.06. The Morgan fingerprint density at radius 3 is 2.74 bits per heavy atom. The van der Waals surface area contributed by atoms with E-state index in [-0.39, 0.29) is 0 Å². The molecule has 0 spiro atoms. The van der Waals surface area contributed by atoms with Crippen LogP contribution in [0.2, 0.25) is 0 Å². The zero-order valence-corrected chi connectivity index (χ0v) is 13.5. The summed E-state index contributed by atoms with van der Waals surface area (Å²) in [5.41, 5.74) is 2.03. The van der Waals surface area contributed by atoms with Gasteiger partial charge in [-0.25, -0.2) is 0 Å². The molecule has 1 aromatic carbocycles. The molecule has 1 aromatic rings. The van der Waals surface area contributed by atoms with Gasteiger partial charge < -0.3 is 14.2 Å². The standard InChI is InChI=1S/C14H16INO3/c1-9(17-3)7-13-10(2)16(15)12-6-5-11(18-4)8-14(12)19-13/h5-8H,1-4H3/b9-7+. The Morgan fingerprint density at radius 2 is 2.11 bits per heavy atom. The monoisotopic (exact) mass is 373 g/mol. The third-order valence-corrected chi connectivity index (χ3v) is 4.15. The highest BCUT2D eigenvalue weighted by Gasteiger charge is 2.22. The van der Waals surface area contributed by atoms with Crippen LogP contribution in [0.25, 0.3) is 0 Å². The van der Waals surface area contributed by atoms with Gasteiger partial charge in [-0.3, -0.25) is 3.11 Å². The summed E-state index contributed by atoms with van der Waals surface area (Å²) in [7, 11) is 3.28. The number of ether oxygens (including phenoxy) is 3. The topological polar surface area (TPSA) is 30.9 Å². The van der Waals surface area contributed by atoms with Gasteiger partial charge >= 0.3 is 0 Å². The van der Waals surface area contributed by atoms with Crippen molar-refractivity contribution in [3.8, 4) is 11.5 Å². The molecule has 0 bridgehead atoms. The second kappa shape index (κ2) is 5.73. The molecule has 0 unspecified atom stereocenters. The van der Waals surface area contributed by atoms with Crippen molar-refractivity contribution >= 4 is 28.6 Å². The molecular formula is C14H16INO3. The van der Waals surface area contributed by atoms with Gasteiger partial charge in [0.1, 0.15) is 5.75 Å². The molecule has 0 fully saturated rings. The van der Waals surface area contributed by atoms with E-state index in [1.807, 2.05) is 38.1 Å². The van der Waals surface area contributed by atoms with Gasteiger partial charge in [0.25, 0.3) is 0 Å². The van der Waals surface area contributed by atoms with Crippen molar-refractivity contribution in [2.45, 2.75) is 13.8 Å². The van der Waals surface area contributed by atoms with Crippen molar-refractivity contribution in [2.75, 3.05) is 17.3 Å². The fraction of sp³-hybridized carbons (Fsp3) is 0.286. The number of halogens is 1. The number of hydrogen-bond donors (Lipinski definition) is 0. The van der Waals surface area contributed by atoms with Crippen molar-refractivity contribution in [3.63, 3.8) is 0 Å². The van der Waals surface area contributed by atoms with Gasteiger partial charge in [-0.1, -0.05) is 0 Å². The zero-order valence-electron chi connectivity index (χ0n) is 11.4. The summed E-state index contributed by atoms with van der Waals surface area (Å²) < 4.78 is 18.4. The molecule has 0 aliphatic carbocycles. The Labute approximate surface area is 127 Å². The third-order valence-electron chi connectivity index (χ3n) is 2.91. The average Bonchev–Trinajstić information content (AvgIpc) is 2.43. The van der Waals surface area contributed by atoms with E-state index in [1.54, 1.807) is 14.2 Å². The van der Waals surface area contributed by atoms with Gasteiger partial charge in [0, 0.05) is 12.1 Å². The summed E-state index contributed by atoms with van der Waals surface area (Å²) in [6.45, 7) is 3.90. The van der Waals surface area contributed by atoms with Crippen LogP contribution in [0.4, 0.5) is 5.69 Å². The lowest BCUT2D eigenvalue weighted by Gasteiger charge is -2.28. The minimum absolute atomic E-state index is 0.773. The summed E-state index contributed by atoms with van der Waals surface area (Å²) in [5, 5.41) is 0. The van der Waals surface area contributed by atoms with E-state index in [0.717, 1.165) is 34.4 Å². The molecule has 0 atom stereocenters. The van der Waals surface area contributed by atoms with Crippen molar-refractivity contribution < 1.29 is 14.2 Å².